The summed E-state index contributed by atoms with van der Waals surface area (Å²) in [6, 6.07) is 29.5. The fourth-order valence-electron chi connectivity index (χ4n) is 6.00. The van der Waals surface area contributed by atoms with Gasteiger partial charge in [-0.15, -0.1) is 0 Å². The molecule has 0 spiro atoms. The van der Waals surface area contributed by atoms with E-state index in [1.165, 1.54) is 11.1 Å². The Morgan fingerprint density at radius 1 is 0.900 bits per heavy atom. The van der Waals surface area contributed by atoms with Crippen LogP contribution < -0.4 is 0 Å². The summed E-state index contributed by atoms with van der Waals surface area (Å²) in [5.74, 6) is 1.46. The maximum atomic E-state index is 13.6. The summed E-state index contributed by atoms with van der Waals surface area (Å²) in [6.07, 6.45) is 1.92. The van der Waals surface area contributed by atoms with Crippen LogP contribution in [0.5, 0.6) is 0 Å². The average molecular weight is 601 g/mol. The molecule has 3 aromatic carbocycles. The Balaban J connectivity index is 1.06. The SMILES string of the molecule is O=C(C1CCCN(Cc2nc(-c3cccc(Br)c3)no2)C1)N1CCN(C(c2ccccc2)c2ccccc2)CC1. The molecule has 0 aliphatic carbocycles. The second-order valence-electron chi connectivity index (χ2n) is 10.7. The number of likely N-dealkylation sites (tertiary alicyclic amines) is 1. The van der Waals surface area contributed by atoms with E-state index in [-0.39, 0.29) is 17.9 Å². The van der Waals surface area contributed by atoms with Crippen molar-refractivity contribution in [2.24, 2.45) is 5.92 Å². The average Bonchev–Trinajstić information content (AvgIpc) is 3.47. The van der Waals surface area contributed by atoms with Gasteiger partial charge in [-0.25, -0.2) is 0 Å². The maximum Gasteiger partial charge on any atom is 0.241 e. The van der Waals surface area contributed by atoms with Crippen LogP contribution >= 0.6 is 15.9 Å². The number of halogens is 1. The molecule has 4 aromatic rings. The Morgan fingerprint density at radius 3 is 2.27 bits per heavy atom. The third-order valence-electron chi connectivity index (χ3n) is 7.99. The molecule has 0 radical (unpaired) electrons. The van der Waals surface area contributed by atoms with Gasteiger partial charge in [-0.1, -0.05) is 93.9 Å². The molecule has 1 aromatic heterocycles. The highest BCUT2D eigenvalue weighted by Gasteiger charge is 2.33. The summed E-state index contributed by atoms with van der Waals surface area (Å²) in [4.78, 5) is 25.1. The van der Waals surface area contributed by atoms with E-state index in [0.29, 0.717) is 18.3 Å². The van der Waals surface area contributed by atoms with E-state index in [9.17, 15) is 4.79 Å². The fourth-order valence-corrected chi connectivity index (χ4v) is 6.40. The largest absolute Gasteiger partial charge is 0.340 e. The molecule has 206 valence electrons. The van der Waals surface area contributed by atoms with Crippen LogP contribution in [0, 0.1) is 5.92 Å². The minimum absolute atomic E-state index is 0.00631. The van der Waals surface area contributed by atoms with Gasteiger partial charge >= 0.3 is 0 Å². The van der Waals surface area contributed by atoms with E-state index in [1.807, 2.05) is 24.3 Å². The highest BCUT2D eigenvalue weighted by Crippen LogP contribution is 2.30. The molecule has 1 amide bonds. The minimum atomic E-state index is 0.00631. The molecule has 1 unspecified atom stereocenters. The molecule has 8 heteroatoms. The number of piperidine rings is 1. The van der Waals surface area contributed by atoms with Crippen LogP contribution in [-0.2, 0) is 11.3 Å². The molecule has 0 bridgehead atoms. The van der Waals surface area contributed by atoms with E-state index >= 15 is 0 Å². The van der Waals surface area contributed by atoms with Gasteiger partial charge in [-0.3, -0.25) is 14.6 Å². The summed E-state index contributed by atoms with van der Waals surface area (Å²) in [5, 5.41) is 4.17. The van der Waals surface area contributed by atoms with Crippen LogP contribution in [0.15, 0.2) is 93.9 Å². The number of benzene rings is 3. The first-order chi connectivity index (χ1) is 19.6. The van der Waals surface area contributed by atoms with Gasteiger partial charge in [0.25, 0.3) is 0 Å². The summed E-state index contributed by atoms with van der Waals surface area (Å²) < 4.78 is 6.54. The quantitative estimate of drug-likeness (QED) is 0.274. The standard InChI is InChI=1S/C32H34BrN5O2/c33-28-15-7-13-26(21-28)31-34-29(40-35-31)23-36-16-8-14-27(22-36)32(39)38-19-17-37(18-20-38)30(24-9-3-1-4-10-24)25-11-5-2-6-12-25/h1-7,9-13,15,21,27,30H,8,14,16-20,22-23H2. The Hall–Kier alpha value is -3.33. The number of nitrogens with zero attached hydrogens (tertiary/aromatic N) is 5. The number of hydrogen-bond donors (Lipinski definition) is 0. The molecule has 7 nitrogen and oxygen atoms in total. The van der Waals surface area contributed by atoms with Crippen molar-refractivity contribution < 1.29 is 9.32 Å². The fraction of sp³-hybridized carbons (Fsp3) is 0.344. The molecule has 2 saturated heterocycles. The van der Waals surface area contributed by atoms with Crippen LogP contribution in [0.25, 0.3) is 11.4 Å². The summed E-state index contributed by atoms with van der Waals surface area (Å²) >= 11 is 3.50. The van der Waals surface area contributed by atoms with Crippen LogP contribution in [-0.4, -0.2) is 70.0 Å². The van der Waals surface area contributed by atoms with Gasteiger partial charge in [-0.05, 0) is 42.6 Å². The number of rotatable bonds is 7. The van der Waals surface area contributed by atoms with Gasteiger partial charge in [0.05, 0.1) is 18.5 Å². The number of aromatic nitrogens is 2. The lowest BCUT2D eigenvalue weighted by molar-refractivity contribution is -0.139. The number of carbonyl (C=O) groups excluding carboxylic acids is 1. The van der Waals surface area contributed by atoms with Gasteiger partial charge in [0.1, 0.15) is 0 Å². The van der Waals surface area contributed by atoms with Crippen molar-refractivity contribution in [2.75, 3.05) is 39.3 Å². The monoisotopic (exact) mass is 599 g/mol. The molecule has 2 aliphatic rings. The molecule has 0 N–H and O–H groups in total. The normalized spacial score (nSPS) is 18.8. The van der Waals surface area contributed by atoms with Crippen LogP contribution in [0.2, 0.25) is 0 Å². The number of piperazine rings is 1. The summed E-state index contributed by atoms with van der Waals surface area (Å²) in [5.41, 5.74) is 3.50. The second-order valence-corrected chi connectivity index (χ2v) is 11.6. The number of hydrogen-bond acceptors (Lipinski definition) is 6. The van der Waals surface area contributed by atoms with Crippen molar-refractivity contribution in [1.29, 1.82) is 0 Å². The Kier molecular flexibility index (Phi) is 8.37. The molecule has 6 rings (SSSR count). The van der Waals surface area contributed by atoms with Crippen LogP contribution in [0.3, 0.4) is 0 Å². The van der Waals surface area contributed by atoms with Crippen LogP contribution in [0.1, 0.15) is 35.9 Å². The van der Waals surface area contributed by atoms with Gasteiger partial charge in [0, 0.05) is 42.8 Å². The highest BCUT2D eigenvalue weighted by molar-refractivity contribution is 9.10. The Labute approximate surface area is 243 Å². The number of carbonyl (C=O) groups is 1. The van der Waals surface area contributed by atoms with Gasteiger partial charge < -0.3 is 9.42 Å². The Morgan fingerprint density at radius 2 is 1.60 bits per heavy atom. The van der Waals surface area contributed by atoms with Crippen molar-refractivity contribution >= 4 is 21.8 Å². The molecule has 2 fully saturated rings. The molecular weight excluding hydrogens is 566 g/mol. The highest BCUT2D eigenvalue weighted by atomic mass is 79.9. The van der Waals surface area contributed by atoms with Crippen molar-refractivity contribution in [3.8, 4) is 11.4 Å². The Bertz CT molecular complexity index is 1370. The molecule has 40 heavy (non-hydrogen) atoms. The zero-order valence-electron chi connectivity index (χ0n) is 22.5. The molecule has 3 heterocycles. The molecule has 2 aliphatic heterocycles. The summed E-state index contributed by atoms with van der Waals surface area (Å²) in [7, 11) is 0. The van der Waals surface area contributed by atoms with Gasteiger partial charge in [-0.2, -0.15) is 4.98 Å². The lowest BCUT2D eigenvalue weighted by Gasteiger charge is -2.41. The lowest BCUT2D eigenvalue weighted by atomic mass is 9.95. The molecular formula is C32H34BrN5O2. The zero-order valence-corrected chi connectivity index (χ0v) is 24.1. The first-order valence-electron chi connectivity index (χ1n) is 14.1. The predicted octanol–water partition coefficient (Wildman–Crippen LogP) is 5.64. The smallest absolute Gasteiger partial charge is 0.241 e. The third kappa shape index (κ3) is 6.19. The van der Waals surface area contributed by atoms with Crippen molar-refractivity contribution in [3.05, 3.63) is 106 Å². The van der Waals surface area contributed by atoms with Gasteiger partial charge in [0.15, 0.2) is 0 Å². The van der Waals surface area contributed by atoms with E-state index in [4.69, 9.17) is 4.52 Å². The van der Waals surface area contributed by atoms with Crippen molar-refractivity contribution in [2.45, 2.75) is 25.4 Å². The third-order valence-corrected chi connectivity index (χ3v) is 8.48. The van der Waals surface area contributed by atoms with E-state index in [0.717, 1.165) is 62.1 Å². The van der Waals surface area contributed by atoms with Crippen molar-refractivity contribution in [3.63, 3.8) is 0 Å². The molecule has 1 atom stereocenters. The first kappa shape index (κ1) is 26.9. The zero-order chi connectivity index (χ0) is 27.3. The molecule has 0 saturated carbocycles. The van der Waals surface area contributed by atoms with Crippen molar-refractivity contribution in [1.82, 2.24) is 24.8 Å². The first-order valence-corrected chi connectivity index (χ1v) is 14.9. The van der Waals surface area contributed by atoms with E-state index < -0.39 is 0 Å². The minimum Gasteiger partial charge on any atom is -0.340 e. The van der Waals surface area contributed by atoms with Gasteiger partial charge in [0.2, 0.25) is 17.6 Å². The topological polar surface area (TPSA) is 65.7 Å². The maximum absolute atomic E-state index is 13.6. The van der Waals surface area contributed by atoms with Crippen LogP contribution in [0.4, 0.5) is 0 Å². The number of amides is 1. The predicted molar refractivity (Wildman–Crippen MR) is 158 cm³/mol. The second kappa shape index (κ2) is 12.5. The lowest BCUT2D eigenvalue weighted by Crippen LogP contribution is -2.53. The van der Waals surface area contributed by atoms with E-state index in [1.54, 1.807) is 0 Å². The summed E-state index contributed by atoms with van der Waals surface area (Å²) in [6.45, 7) is 5.45. The van der Waals surface area contributed by atoms with E-state index in [2.05, 4.69) is 101 Å².